The molecule has 4 heteroatoms. The molecule has 11 heavy (non-hydrogen) atoms. The highest BCUT2D eigenvalue weighted by molar-refractivity contribution is 5.99. The molecule has 0 aromatic rings. The van der Waals surface area contributed by atoms with Crippen molar-refractivity contribution < 1.29 is 16.1 Å². The highest BCUT2D eigenvalue weighted by atomic mass is 16.3. The van der Waals surface area contributed by atoms with E-state index in [1.54, 1.807) is 0 Å². The van der Waals surface area contributed by atoms with Crippen LogP contribution < -0.4 is 5.31 Å². The minimum atomic E-state index is -0.854. The van der Waals surface area contributed by atoms with Crippen LogP contribution in [0.2, 0.25) is 1.41 Å². The molecule has 1 rings (SSSR count). The summed E-state index contributed by atoms with van der Waals surface area (Å²) in [7, 11) is 0. The van der Waals surface area contributed by atoms with Crippen LogP contribution in [0.5, 0.6) is 0 Å². The summed E-state index contributed by atoms with van der Waals surface area (Å²) in [6, 6.07) is -0.752. The van der Waals surface area contributed by atoms with Crippen LogP contribution in [-0.4, -0.2) is 28.9 Å². The molecule has 0 aromatic carbocycles. The maximum absolute atomic E-state index is 10.9. The standard InChI is InChI=1S/C7H11NO3/c1-3(9)5-6(4(2)10)8-7(5)11/h3,5-6,9H,1-2H3,(H,8,11)/t3-,5+,6+/m1/s1/i/hD. The average Bonchev–Trinajstić information content (AvgIpc) is 1.96. The lowest BCUT2D eigenvalue weighted by Crippen LogP contribution is -2.64. The molecule has 0 saturated carbocycles. The predicted octanol–water partition coefficient (Wildman–Crippen LogP) is -0.929. The third kappa shape index (κ3) is 1.26. The monoisotopic (exact) mass is 158 g/mol. The van der Waals surface area contributed by atoms with Crippen LogP contribution in [-0.2, 0) is 9.59 Å². The number of nitrogens with one attached hydrogen (secondary N) is 1. The molecule has 0 unspecified atom stereocenters. The Morgan fingerprint density at radius 3 is 2.73 bits per heavy atom. The molecular formula is C7H11NO3. The molecule has 1 saturated heterocycles. The Hall–Kier alpha value is -0.900. The first-order valence-electron chi connectivity index (χ1n) is 3.92. The summed E-state index contributed by atoms with van der Waals surface area (Å²) in [5.41, 5.74) is 0. The SMILES string of the molecule is [2H]N1C(=O)[C@@H]([C@@H](C)O)[C@@H]1C(C)=O. The van der Waals surface area contributed by atoms with Crippen molar-refractivity contribution >= 4 is 11.7 Å². The van der Waals surface area contributed by atoms with Crippen molar-refractivity contribution in [2.45, 2.75) is 26.0 Å². The molecule has 1 amide bonds. The molecule has 0 aliphatic carbocycles. The Morgan fingerprint density at radius 2 is 2.45 bits per heavy atom. The van der Waals surface area contributed by atoms with E-state index in [1.165, 1.54) is 13.8 Å². The van der Waals surface area contributed by atoms with E-state index in [9.17, 15) is 9.59 Å². The molecule has 0 radical (unpaired) electrons. The number of rotatable bonds is 2. The first-order valence-corrected chi connectivity index (χ1v) is 3.47. The Morgan fingerprint density at radius 1 is 1.91 bits per heavy atom. The van der Waals surface area contributed by atoms with Crippen molar-refractivity contribution in [2.24, 2.45) is 5.92 Å². The van der Waals surface area contributed by atoms with Gasteiger partial charge < -0.3 is 10.4 Å². The van der Waals surface area contributed by atoms with E-state index in [1.807, 2.05) is 0 Å². The fraction of sp³-hybridized carbons (Fsp3) is 0.714. The maximum atomic E-state index is 10.9. The van der Waals surface area contributed by atoms with Gasteiger partial charge in [0.25, 0.3) is 0 Å². The molecule has 1 aliphatic rings. The molecule has 62 valence electrons. The first kappa shape index (κ1) is 6.79. The van der Waals surface area contributed by atoms with Crippen molar-refractivity contribution in [1.29, 1.82) is 0 Å². The number of Topliss-reactive ketones (excluding diaryl/α,β-unsaturated/α-hetero) is 1. The van der Waals surface area contributed by atoms with Crippen molar-refractivity contribution in [2.75, 3.05) is 0 Å². The third-order valence-electron chi connectivity index (χ3n) is 1.83. The fourth-order valence-corrected chi connectivity index (χ4v) is 1.17. The number of hydrogen-bond donors (Lipinski definition) is 2. The van der Waals surface area contributed by atoms with E-state index in [2.05, 4.69) is 0 Å². The van der Waals surface area contributed by atoms with Crippen molar-refractivity contribution in [1.82, 2.24) is 5.31 Å². The molecule has 1 fully saturated rings. The van der Waals surface area contributed by atoms with Crippen LogP contribution in [0.4, 0.5) is 0 Å². The highest BCUT2D eigenvalue weighted by Gasteiger charge is 2.44. The molecule has 2 N–H and O–H groups in total. The van der Waals surface area contributed by atoms with Gasteiger partial charge in [0, 0.05) is 0 Å². The zero-order valence-electron chi connectivity index (χ0n) is 7.44. The Balaban J connectivity index is 2.75. The number of aliphatic hydroxyl groups is 1. The van der Waals surface area contributed by atoms with Gasteiger partial charge in [-0.3, -0.25) is 9.59 Å². The number of ketones is 1. The Kier molecular flexibility index (Phi) is 1.62. The topological polar surface area (TPSA) is 66.4 Å². The second-order valence-corrected chi connectivity index (χ2v) is 2.79. The number of aliphatic hydroxyl groups excluding tert-OH is 1. The lowest BCUT2D eigenvalue weighted by Gasteiger charge is -2.36. The molecule has 1 heterocycles. The Bertz CT molecular complexity index is 229. The summed E-state index contributed by atoms with van der Waals surface area (Å²) in [6.07, 6.45) is -0.854. The van der Waals surface area contributed by atoms with Gasteiger partial charge in [-0.15, -0.1) is 0 Å². The van der Waals surface area contributed by atoms with E-state index in [-0.39, 0.29) is 5.78 Å². The largest absolute Gasteiger partial charge is 0.392 e. The molecule has 4 nitrogen and oxygen atoms in total. The lowest BCUT2D eigenvalue weighted by atomic mass is 9.84. The summed E-state index contributed by atoms with van der Waals surface area (Å²) in [5.74, 6) is -1.44. The zero-order chi connectivity index (χ0) is 9.46. The van der Waals surface area contributed by atoms with Crippen LogP contribution in [0.1, 0.15) is 13.8 Å². The van der Waals surface area contributed by atoms with E-state index in [4.69, 9.17) is 6.52 Å². The molecule has 1 aliphatic heterocycles. The second-order valence-electron chi connectivity index (χ2n) is 2.79. The van der Waals surface area contributed by atoms with Crippen LogP contribution in [0.3, 0.4) is 0 Å². The normalized spacial score (nSPS) is 34.3. The van der Waals surface area contributed by atoms with Gasteiger partial charge in [0.1, 0.15) is 6.04 Å². The number of carbonyl (C=O) groups excluding carboxylic acids is 2. The van der Waals surface area contributed by atoms with E-state index < -0.39 is 24.0 Å². The number of β-lactam (4-membered cyclic amide) rings is 1. The van der Waals surface area contributed by atoms with Crippen LogP contribution in [0.25, 0.3) is 0 Å². The van der Waals surface area contributed by atoms with Crippen molar-refractivity contribution in [3.63, 3.8) is 0 Å². The highest BCUT2D eigenvalue weighted by Crippen LogP contribution is 2.19. The number of hydrogen-bond acceptors (Lipinski definition) is 3. The van der Waals surface area contributed by atoms with Crippen molar-refractivity contribution in [3.8, 4) is 0 Å². The summed E-state index contributed by atoms with van der Waals surface area (Å²) in [4.78, 5) is 21.8. The molecule has 3 atom stereocenters. The summed E-state index contributed by atoms with van der Waals surface area (Å²) < 4.78 is 7.08. The molecule has 0 spiro atoms. The Labute approximate surface area is 66.1 Å². The van der Waals surface area contributed by atoms with Gasteiger partial charge in [0.05, 0.1) is 12.0 Å². The molecular weight excluding hydrogens is 146 g/mol. The van der Waals surface area contributed by atoms with Gasteiger partial charge in [-0.25, -0.2) is 0 Å². The summed E-state index contributed by atoms with van der Waals surface area (Å²) in [5, 5.41) is 9.72. The minimum Gasteiger partial charge on any atom is -0.392 e. The number of amides is 1. The van der Waals surface area contributed by atoms with E-state index in [0.717, 1.165) is 0 Å². The third-order valence-corrected chi connectivity index (χ3v) is 1.83. The van der Waals surface area contributed by atoms with Crippen LogP contribution >= 0.6 is 0 Å². The quantitative estimate of drug-likeness (QED) is 0.510. The van der Waals surface area contributed by atoms with Gasteiger partial charge in [0.15, 0.2) is 7.20 Å². The predicted molar refractivity (Wildman–Crippen MR) is 37.8 cm³/mol. The number of carbonyl (C=O) groups is 2. The summed E-state index contributed by atoms with van der Waals surface area (Å²) >= 11 is 0. The summed E-state index contributed by atoms with van der Waals surface area (Å²) in [6.45, 7) is 2.76. The van der Waals surface area contributed by atoms with Gasteiger partial charge >= 0.3 is 0 Å². The maximum Gasteiger partial charge on any atom is 0.228 e. The first-order chi connectivity index (χ1) is 5.46. The molecule has 0 bridgehead atoms. The fourth-order valence-electron chi connectivity index (χ4n) is 1.17. The van der Waals surface area contributed by atoms with Crippen LogP contribution in [0.15, 0.2) is 0 Å². The van der Waals surface area contributed by atoms with Gasteiger partial charge in [-0.1, -0.05) is 0 Å². The van der Waals surface area contributed by atoms with E-state index >= 15 is 0 Å². The average molecular weight is 158 g/mol. The zero-order valence-corrected chi connectivity index (χ0v) is 6.44. The van der Waals surface area contributed by atoms with E-state index in [0.29, 0.717) is 5.31 Å². The smallest absolute Gasteiger partial charge is 0.228 e. The van der Waals surface area contributed by atoms with Crippen LogP contribution in [0, 0.1) is 5.92 Å². The minimum absolute atomic E-state index is 0.254. The van der Waals surface area contributed by atoms with Gasteiger partial charge in [-0.2, -0.15) is 0 Å². The van der Waals surface area contributed by atoms with Gasteiger partial charge in [0.2, 0.25) is 5.91 Å². The van der Waals surface area contributed by atoms with Crippen molar-refractivity contribution in [3.05, 3.63) is 0 Å². The second kappa shape index (κ2) is 2.62. The molecule has 0 aromatic heterocycles. The van der Waals surface area contributed by atoms with Gasteiger partial charge in [-0.05, 0) is 13.8 Å². The lowest BCUT2D eigenvalue weighted by molar-refractivity contribution is -0.146.